The fraction of sp³-hybridized carbons (Fsp3) is 0. The summed E-state index contributed by atoms with van der Waals surface area (Å²) in [5.41, 5.74) is 4.89. The molecular weight excluding hydrogens is 158 g/mol. The van der Waals surface area contributed by atoms with Crippen molar-refractivity contribution in [3.05, 3.63) is 24.4 Å². The molecule has 0 bridgehead atoms. The van der Waals surface area contributed by atoms with Crippen LogP contribution in [0.25, 0.3) is 0 Å². The van der Waals surface area contributed by atoms with Crippen LogP contribution in [0, 0.1) is 0 Å². The van der Waals surface area contributed by atoms with Gasteiger partial charge in [-0.1, -0.05) is 6.07 Å². The molecule has 62 valence electrons. The van der Waals surface area contributed by atoms with Gasteiger partial charge in [-0.05, 0) is 12.1 Å². The number of carbonyl (C=O) groups excluding carboxylic acids is 2. The molecule has 12 heavy (non-hydrogen) atoms. The number of rotatable bonds is 2. The van der Waals surface area contributed by atoms with Crippen molar-refractivity contribution in [1.29, 1.82) is 0 Å². The highest BCUT2D eigenvalue weighted by atomic mass is 16.2. The Bertz CT molecular complexity index is 286. The number of hydrogen-bond donors (Lipinski definition) is 1. The van der Waals surface area contributed by atoms with Crippen molar-refractivity contribution in [2.45, 2.75) is 0 Å². The Morgan fingerprint density at radius 3 is 2.75 bits per heavy atom. The first kappa shape index (κ1) is 8.19. The van der Waals surface area contributed by atoms with Crippen LogP contribution in [-0.4, -0.2) is 17.4 Å². The van der Waals surface area contributed by atoms with Crippen LogP contribution in [0.1, 0.15) is 0 Å². The van der Waals surface area contributed by atoms with Gasteiger partial charge in [-0.15, -0.1) is 0 Å². The van der Waals surface area contributed by atoms with Crippen molar-refractivity contribution in [1.82, 2.24) is 4.98 Å². The number of nitrogens with zero attached hydrogens (tertiary/aromatic N) is 2. The quantitative estimate of drug-likeness (QED) is 0.632. The Morgan fingerprint density at radius 2 is 2.33 bits per heavy atom. The van der Waals surface area contributed by atoms with Crippen LogP contribution in [0.15, 0.2) is 24.4 Å². The Kier molecular flexibility index (Phi) is 2.37. The molecule has 0 aliphatic heterocycles. The molecule has 0 saturated carbocycles. The van der Waals surface area contributed by atoms with Gasteiger partial charge in [0.2, 0.25) is 6.41 Å². The van der Waals surface area contributed by atoms with Crippen molar-refractivity contribution in [2.24, 2.45) is 5.73 Å². The normalized spacial score (nSPS) is 9.00. The van der Waals surface area contributed by atoms with E-state index in [2.05, 4.69) is 4.98 Å². The third kappa shape index (κ3) is 1.57. The maximum Gasteiger partial charge on any atom is 0.327 e. The second kappa shape index (κ2) is 3.47. The van der Waals surface area contributed by atoms with E-state index in [0.29, 0.717) is 6.41 Å². The number of urea groups is 1. The summed E-state index contributed by atoms with van der Waals surface area (Å²) in [5.74, 6) is 0.222. The second-order valence-electron chi connectivity index (χ2n) is 2.00. The number of hydrogen-bond acceptors (Lipinski definition) is 3. The summed E-state index contributed by atoms with van der Waals surface area (Å²) in [7, 11) is 0. The van der Waals surface area contributed by atoms with E-state index in [4.69, 9.17) is 5.73 Å². The lowest BCUT2D eigenvalue weighted by molar-refractivity contribution is -0.106. The summed E-state index contributed by atoms with van der Waals surface area (Å²) < 4.78 is 0. The molecular formula is C7H7N3O2. The topological polar surface area (TPSA) is 76.3 Å². The zero-order valence-electron chi connectivity index (χ0n) is 6.18. The van der Waals surface area contributed by atoms with Crippen LogP contribution in [0.4, 0.5) is 10.6 Å². The molecule has 0 aliphatic carbocycles. The second-order valence-corrected chi connectivity index (χ2v) is 2.00. The predicted molar refractivity (Wildman–Crippen MR) is 42.4 cm³/mol. The van der Waals surface area contributed by atoms with Crippen LogP contribution in [0.3, 0.4) is 0 Å². The first-order chi connectivity index (χ1) is 5.75. The maximum absolute atomic E-state index is 10.6. The Labute approximate surface area is 68.8 Å². The molecule has 2 N–H and O–H groups in total. The number of amides is 3. The molecule has 0 unspecified atom stereocenters. The van der Waals surface area contributed by atoms with E-state index in [9.17, 15) is 9.59 Å². The van der Waals surface area contributed by atoms with Crippen molar-refractivity contribution in [3.8, 4) is 0 Å². The van der Waals surface area contributed by atoms with E-state index in [0.717, 1.165) is 4.90 Å². The molecule has 0 fully saturated rings. The van der Waals surface area contributed by atoms with Crippen LogP contribution in [0.2, 0.25) is 0 Å². The van der Waals surface area contributed by atoms with Gasteiger partial charge < -0.3 is 5.73 Å². The Morgan fingerprint density at radius 1 is 1.58 bits per heavy atom. The molecule has 1 rings (SSSR count). The van der Waals surface area contributed by atoms with Crippen molar-refractivity contribution in [2.75, 3.05) is 4.90 Å². The highest BCUT2D eigenvalue weighted by Crippen LogP contribution is 2.05. The number of pyridine rings is 1. The average molecular weight is 165 g/mol. The molecule has 0 aliphatic rings. The van der Waals surface area contributed by atoms with Gasteiger partial charge in [-0.3, -0.25) is 4.79 Å². The van der Waals surface area contributed by atoms with E-state index < -0.39 is 6.03 Å². The van der Waals surface area contributed by atoms with E-state index in [1.54, 1.807) is 12.1 Å². The van der Waals surface area contributed by atoms with Gasteiger partial charge in [-0.25, -0.2) is 14.7 Å². The number of nitrogens with two attached hydrogens (primary N) is 1. The van der Waals surface area contributed by atoms with Crippen LogP contribution in [-0.2, 0) is 4.79 Å². The number of aromatic nitrogens is 1. The molecule has 3 amide bonds. The SMILES string of the molecule is NC(=O)N(C=O)c1ccccn1. The fourth-order valence-electron chi connectivity index (χ4n) is 0.715. The molecule has 0 aromatic carbocycles. The van der Waals surface area contributed by atoms with Gasteiger partial charge in [0.05, 0.1) is 0 Å². The lowest BCUT2D eigenvalue weighted by atomic mass is 10.4. The molecule has 1 aromatic heterocycles. The van der Waals surface area contributed by atoms with E-state index in [1.165, 1.54) is 12.3 Å². The first-order valence-electron chi connectivity index (χ1n) is 3.20. The van der Waals surface area contributed by atoms with Crippen LogP contribution >= 0.6 is 0 Å². The van der Waals surface area contributed by atoms with Crippen molar-refractivity contribution >= 4 is 18.3 Å². The molecule has 0 spiro atoms. The minimum atomic E-state index is -0.844. The summed E-state index contributed by atoms with van der Waals surface area (Å²) >= 11 is 0. The standard InChI is InChI=1S/C7H7N3O2/c8-7(12)10(5-11)6-3-1-2-4-9-6/h1-5H,(H2,8,12). The summed E-state index contributed by atoms with van der Waals surface area (Å²) in [6, 6.07) is 4.00. The monoisotopic (exact) mass is 165 g/mol. The lowest BCUT2D eigenvalue weighted by Crippen LogP contribution is -2.34. The summed E-state index contributed by atoms with van der Waals surface area (Å²) in [6.07, 6.45) is 1.79. The largest absolute Gasteiger partial charge is 0.351 e. The Balaban J connectivity index is 2.95. The molecule has 1 aromatic rings. The van der Waals surface area contributed by atoms with Gasteiger partial charge in [0.25, 0.3) is 0 Å². The van der Waals surface area contributed by atoms with Crippen molar-refractivity contribution < 1.29 is 9.59 Å². The maximum atomic E-state index is 10.6. The highest BCUT2D eigenvalue weighted by molar-refractivity contribution is 6.04. The molecule has 5 nitrogen and oxygen atoms in total. The first-order valence-corrected chi connectivity index (χ1v) is 3.20. The van der Waals surface area contributed by atoms with Gasteiger partial charge in [0.1, 0.15) is 5.82 Å². The van der Waals surface area contributed by atoms with Gasteiger partial charge in [0, 0.05) is 6.20 Å². The molecule has 0 saturated heterocycles. The minimum Gasteiger partial charge on any atom is -0.351 e. The lowest BCUT2D eigenvalue weighted by Gasteiger charge is -2.09. The number of imide groups is 1. The zero-order valence-corrected chi connectivity index (χ0v) is 6.18. The summed E-state index contributed by atoms with van der Waals surface area (Å²) in [6.45, 7) is 0. The van der Waals surface area contributed by atoms with E-state index in [-0.39, 0.29) is 5.82 Å². The molecule has 5 heteroatoms. The van der Waals surface area contributed by atoms with Crippen LogP contribution < -0.4 is 10.6 Å². The van der Waals surface area contributed by atoms with Crippen molar-refractivity contribution in [3.63, 3.8) is 0 Å². The number of primary amides is 1. The number of anilines is 1. The smallest absolute Gasteiger partial charge is 0.327 e. The van der Waals surface area contributed by atoms with Gasteiger partial charge in [-0.2, -0.15) is 0 Å². The molecule has 0 radical (unpaired) electrons. The molecule has 1 heterocycles. The summed E-state index contributed by atoms with van der Waals surface area (Å²) in [5, 5.41) is 0. The summed E-state index contributed by atoms with van der Waals surface area (Å²) in [4.78, 5) is 25.4. The predicted octanol–water partition coefficient (Wildman–Crippen LogP) is 0.123. The van der Waals surface area contributed by atoms with E-state index in [1.807, 2.05) is 0 Å². The van der Waals surface area contributed by atoms with Crippen LogP contribution in [0.5, 0.6) is 0 Å². The minimum absolute atomic E-state index is 0.222. The third-order valence-electron chi connectivity index (χ3n) is 1.24. The number of carbonyl (C=O) groups is 2. The van der Waals surface area contributed by atoms with E-state index >= 15 is 0 Å². The molecule has 0 atom stereocenters. The highest BCUT2D eigenvalue weighted by Gasteiger charge is 2.10. The zero-order chi connectivity index (χ0) is 8.97. The average Bonchev–Trinajstić information content (AvgIpc) is 2.07. The fourth-order valence-corrected chi connectivity index (χ4v) is 0.715. The van der Waals surface area contributed by atoms with Gasteiger partial charge in [0.15, 0.2) is 0 Å². The Hall–Kier alpha value is -1.91. The third-order valence-corrected chi connectivity index (χ3v) is 1.24. The van der Waals surface area contributed by atoms with Gasteiger partial charge >= 0.3 is 6.03 Å².